The third-order valence-corrected chi connectivity index (χ3v) is 3.52. The average Bonchev–Trinajstić information content (AvgIpc) is 2.38. The second-order valence-electron chi connectivity index (χ2n) is 4.74. The summed E-state index contributed by atoms with van der Waals surface area (Å²) in [6.07, 6.45) is 1.52. The first kappa shape index (κ1) is 13.5. The second-order valence-corrected chi connectivity index (χ2v) is 5.14. The van der Waals surface area contributed by atoms with Crippen molar-refractivity contribution >= 4 is 11.6 Å². The summed E-state index contributed by atoms with van der Waals surface area (Å²) in [6, 6.07) is 3.60. The number of hydrogen-bond donors (Lipinski definition) is 1. The molecule has 0 aliphatic carbocycles. The SMILES string of the molecule is CCCC(C)C(O)c1cc(Cl)c2c(c1)OCCO2. The van der Waals surface area contributed by atoms with Crippen molar-refractivity contribution in [1.82, 2.24) is 0 Å². The highest BCUT2D eigenvalue weighted by Gasteiger charge is 2.22. The highest BCUT2D eigenvalue weighted by atomic mass is 35.5. The summed E-state index contributed by atoms with van der Waals surface area (Å²) in [5, 5.41) is 10.8. The Balaban J connectivity index is 2.26. The standard InChI is InChI=1S/C14H19ClO3/c1-3-4-9(2)13(16)10-7-11(15)14-12(8-10)17-5-6-18-14/h7-9,13,16H,3-6H2,1-2H3. The Morgan fingerprint density at radius 2 is 2.06 bits per heavy atom. The number of benzene rings is 1. The summed E-state index contributed by atoms with van der Waals surface area (Å²) in [5.41, 5.74) is 0.796. The van der Waals surface area contributed by atoms with E-state index in [1.807, 2.05) is 13.0 Å². The van der Waals surface area contributed by atoms with Gasteiger partial charge in [0.15, 0.2) is 11.5 Å². The average molecular weight is 271 g/mol. The number of aliphatic hydroxyl groups is 1. The summed E-state index contributed by atoms with van der Waals surface area (Å²) in [7, 11) is 0. The van der Waals surface area contributed by atoms with Gasteiger partial charge in [-0.1, -0.05) is 31.9 Å². The fourth-order valence-corrected chi connectivity index (χ4v) is 2.52. The number of halogens is 1. The van der Waals surface area contributed by atoms with E-state index in [1.165, 1.54) is 0 Å². The number of ether oxygens (including phenoxy) is 2. The molecule has 18 heavy (non-hydrogen) atoms. The van der Waals surface area contributed by atoms with Crippen LogP contribution in [0.15, 0.2) is 12.1 Å². The van der Waals surface area contributed by atoms with Crippen molar-refractivity contribution < 1.29 is 14.6 Å². The molecule has 0 saturated heterocycles. The van der Waals surface area contributed by atoms with Gasteiger partial charge in [0.05, 0.1) is 11.1 Å². The molecular weight excluding hydrogens is 252 g/mol. The molecule has 1 aromatic carbocycles. The first-order valence-corrected chi connectivity index (χ1v) is 6.78. The van der Waals surface area contributed by atoms with Gasteiger partial charge in [0.25, 0.3) is 0 Å². The van der Waals surface area contributed by atoms with E-state index in [2.05, 4.69) is 6.92 Å². The summed E-state index contributed by atoms with van der Waals surface area (Å²) < 4.78 is 11.0. The maximum Gasteiger partial charge on any atom is 0.179 e. The molecule has 2 rings (SSSR count). The van der Waals surface area contributed by atoms with Gasteiger partial charge >= 0.3 is 0 Å². The van der Waals surface area contributed by atoms with Crippen LogP contribution in [-0.4, -0.2) is 18.3 Å². The topological polar surface area (TPSA) is 38.7 Å². The minimum Gasteiger partial charge on any atom is -0.486 e. The fraction of sp³-hybridized carbons (Fsp3) is 0.571. The molecule has 1 aliphatic heterocycles. The molecule has 1 N–H and O–H groups in total. The van der Waals surface area contributed by atoms with Crippen molar-refractivity contribution in [1.29, 1.82) is 0 Å². The molecule has 0 amide bonds. The molecule has 0 saturated carbocycles. The van der Waals surface area contributed by atoms with Gasteiger partial charge < -0.3 is 14.6 Å². The van der Waals surface area contributed by atoms with E-state index in [0.29, 0.717) is 29.7 Å². The van der Waals surface area contributed by atoms with Crippen LogP contribution in [0.3, 0.4) is 0 Å². The minimum atomic E-state index is -0.515. The van der Waals surface area contributed by atoms with Crippen LogP contribution in [-0.2, 0) is 0 Å². The normalized spacial score (nSPS) is 17.3. The molecule has 0 aromatic heterocycles. The van der Waals surface area contributed by atoms with Crippen molar-refractivity contribution in [2.75, 3.05) is 13.2 Å². The third kappa shape index (κ3) is 2.73. The van der Waals surface area contributed by atoms with Gasteiger partial charge in [-0.2, -0.15) is 0 Å². The van der Waals surface area contributed by atoms with Gasteiger partial charge in [0.1, 0.15) is 13.2 Å². The quantitative estimate of drug-likeness (QED) is 0.909. The molecule has 2 atom stereocenters. The summed E-state index contributed by atoms with van der Waals surface area (Å²) in [4.78, 5) is 0. The molecule has 1 heterocycles. The van der Waals surface area contributed by atoms with Gasteiger partial charge in [-0.15, -0.1) is 0 Å². The highest BCUT2D eigenvalue weighted by molar-refractivity contribution is 6.32. The van der Waals surface area contributed by atoms with Crippen LogP contribution in [0, 0.1) is 5.92 Å². The predicted molar refractivity (Wildman–Crippen MR) is 71.5 cm³/mol. The molecular formula is C14H19ClO3. The largest absolute Gasteiger partial charge is 0.486 e. The van der Waals surface area contributed by atoms with E-state index in [0.717, 1.165) is 18.4 Å². The fourth-order valence-electron chi connectivity index (χ4n) is 2.24. The Kier molecular flexibility index (Phi) is 4.36. The smallest absolute Gasteiger partial charge is 0.179 e. The predicted octanol–water partition coefficient (Wildman–Crippen LogP) is 3.58. The van der Waals surface area contributed by atoms with Crippen LogP contribution in [0.2, 0.25) is 5.02 Å². The summed E-state index contributed by atoms with van der Waals surface area (Å²) in [6.45, 7) is 5.19. The van der Waals surface area contributed by atoms with E-state index in [4.69, 9.17) is 21.1 Å². The summed E-state index contributed by atoms with van der Waals surface area (Å²) in [5.74, 6) is 1.42. The second kappa shape index (κ2) is 5.81. The molecule has 0 radical (unpaired) electrons. The first-order chi connectivity index (χ1) is 8.63. The van der Waals surface area contributed by atoms with Crippen molar-refractivity contribution in [3.8, 4) is 11.5 Å². The van der Waals surface area contributed by atoms with Crippen LogP contribution in [0.1, 0.15) is 38.4 Å². The van der Waals surface area contributed by atoms with E-state index in [-0.39, 0.29) is 5.92 Å². The Hall–Kier alpha value is -0.930. The Bertz CT molecular complexity index is 420. The summed E-state index contributed by atoms with van der Waals surface area (Å²) >= 11 is 6.16. The molecule has 2 unspecified atom stereocenters. The van der Waals surface area contributed by atoms with E-state index < -0.39 is 6.10 Å². The Morgan fingerprint density at radius 3 is 2.78 bits per heavy atom. The molecule has 0 fully saturated rings. The lowest BCUT2D eigenvalue weighted by Crippen LogP contribution is -2.17. The molecule has 100 valence electrons. The zero-order valence-electron chi connectivity index (χ0n) is 10.8. The molecule has 1 aromatic rings. The number of fused-ring (bicyclic) bond motifs is 1. The molecule has 0 spiro atoms. The number of rotatable bonds is 4. The van der Waals surface area contributed by atoms with Gasteiger partial charge in [-0.25, -0.2) is 0 Å². The van der Waals surface area contributed by atoms with Crippen LogP contribution in [0.4, 0.5) is 0 Å². The maximum absolute atomic E-state index is 10.3. The lowest BCUT2D eigenvalue weighted by Gasteiger charge is -2.23. The van der Waals surface area contributed by atoms with Crippen molar-refractivity contribution in [3.05, 3.63) is 22.7 Å². The molecule has 0 bridgehead atoms. The van der Waals surface area contributed by atoms with Crippen molar-refractivity contribution in [2.45, 2.75) is 32.8 Å². The Morgan fingerprint density at radius 1 is 1.33 bits per heavy atom. The number of hydrogen-bond acceptors (Lipinski definition) is 3. The monoisotopic (exact) mass is 270 g/mol. The van der Waals surface area contributed by atoms with E-state index >= 15 is 0 Å². The lowest BCUT2D eigenvalue weighted by atomic mass is 9.93. The third-order valence-electron chi connectivity index (χ3n) is 3.24. The van der Waals surface area contributed by atoms with Gasteiger partial charge in [-0.05, 0) is 30.0 Å². The Labute approximate surface area is 113 Å². The minimum absolute atomic E-state index is 0.202. The van der Waals surface area contributed by atoms with Crippen molar-refractivity contribution in [2.24, 2.45) is 5.92 Å². The van der Waals surface area contributed by atoms with Crippen molar-refractivity contribution in [3.63, 3.8) is 0 Å². The number of aliphatic hydroxyl groups excluding tert-OH is 1. The highest BCUT2D eigenvalue weighted by Crippen LogP contribution is 2.41. The zero-order valence-corrected chi connectivity index (χ0v) is 11.5. The van der Waals surface area contributed by atoms with Crippen LogP contribution in [0.25, 0.3) is 0 Å². The lowest BCUT2D eigenvalue weighted by molar-refractivity contribution is 0.111. The van der Waals surface area contributed by atoms with Crippen LogP contribution < -0.4 is 9.47 Å². The molecule has 3 nitrogen and oxygen atoms in total. The zero-order chi connectivity index (χ0) is 13.1. The van der Waals surface area contributed by atoms with Gasteiger partial charge in [0.2, 0.25) is 0 Å². The van der Waals surface area contributed by atoms with Gasteiger partial charge in [-0.3, -0.25) is 0 Å². The van der Waals surface area contributed by atoms with Crippen LogP contribution in [0.5, 0.6) is 11.5 Å². The molecule has 4 heteroatoms. The molecule has 1 aliphatic rings. The van der Waals surface area contributed by atoms with E-state index in [1.54, 1.807) is 6.07 Å². The van der Waals surface area contributed by atoms with E-state index in [9.17, 15) is 5.11 Å². The maximum atomic E-state index is 10.3. The van der Waals surface area contributed by atoms with Crippen LogP contribution >= 0.6 is 11.6 Å². The first-order valence-electron chi connectivity index (χ1n) is 6.40. The van der Waals surface area contributed by atoms with Gasteiger partial charge in [0, 0.05) is 0 Å².